The summed E-state index contributed by atoms with van der Waals surface area (Å²) in [5.41, 5.74) is 0.393. The van der Waals surface area contributed by atoms with E-state index in [1.807, 2.05) is 0 Å². The van der Waals surface area contributed by atoms with Crippen LogP contribution in [0.15, 0.2) is 30.5 Å². The average Bonchev–Trinajstić information content (AvgIpc) is 3.29. The molecule has 126 valence electrons. The maximum Gasteiger partial charge on any atom is 0.356 e. The maximum atomic E-state index is 13.1. The lowest BCUT2D eigenvalue weighted by molar-refractivity contribution is -0.118. The number of aromatic nitrogens is 2. The zero-order valence-electron chi connectivity index (χ0n) is 13.5. The fourth-order valence-corrected chi connectivity index (χ4v) is 2.68. The molecule has 1 amide bonds. The number of nitrogens with one attached hydrogen (secondary N) is 1. The average molecular weight is 331 g/mol. The number of esters is 1. The van der Waals surface area contributed by atoms with Crippen LogP contribution in [0.3, 0.4) is 0 Å². The minimum atomic E-state index is -0.649. The van der Waals surface area contributed by atoms with Crippen LogP contribution in [0.1, 0.15) is 35.8 Å². The van der Waals surface area contributed by atoms with Crippen LogP contribution in [-0.4, -0.2) is 28.0 Å². The molecule has 2 aromatic rings. The summed E-state index contributed by atoms with van der Waals surface area (Å²) in [6.07, 6.45) is 2.75. The van der Waals surface area contributed by atoms with E-state index in [4.69, 9.17) is 4.74 Å². The summed E-state index contributed by atoms with van der Waals surface area (Å²) >= 11 is 0. The van der Waals surface area contributed by atoms with Gasteiger partial charge in [0.15, 0.2) is 0 Å². The highest BCUT2D eigenvalue weighted by atomic mass is 19.1. The predicted octanol–water partition coefficient (Wildman–Crippen LogP) is 2.41. The van der Waals surface area contributed by atoms with Gasteiger partial charge in [-0.2, -0.15) is 0 Å². The minimum absolute atomic E-state index is 0.210. The Kier molecular flexibility index (Phi) is 4.09. The predicted molar refractivity (Wildman–Crippen MR) is 85.1 cm³/mol. The molecule has 1 N–H and O–H groups in total. The zero-order valence-corrected chi connectivity index (χ0v) is 13.5. The molecule has 1 fully saturated rings. The number of carbonyl (C=O) groups is 2. The van der Waals surface area contributed by atoms with Crippen LogP contribution in [0.25, 0.3) is 0 Å². The van der Waals surface area contributed by atoms with Crippen molar-refractivity contribution in [3.05, 3.63) is 47.5 Å². The zero-order chi connectivity index (χ0) is 17.3. The van der Waals surface area contributed by atoms with Crippen LogP contribution >= 0.6 is 0 Å². The lowest BCUT2D eigenvalue weighted by Gasteiger charge is -2.15. The van der Waals surface area contributed by atoms with Crippen molar-refractivity contribution in [2.75, 3.05) is 11.9 Å². The molecule has 24 heavy (non-hydrogen) atoms. The Morgan fingerprint density at radius 3 is 2.58 bits per heavy atom. The summed E-state index contributed by atoms with van der Waals surface area (Å²) in [7, 11) is 1.63. The van der Waals surface area contributed by atoms with Gasteiger partial charge in [0, 0.05) is 7.05 Å². The lowest BCUT2D eigenvalue weighted by Crippen LogP contribution is -2.29. The van der Waals surface area contributed by atoms with Crippen LogP contribution in [0.2, 0.25) is 0 Å². The third-order valence-corrected chi connectivity index (χ3v) is 4.28. The Bertz CT molecular complexity index is 779. The van der Waals surface area contributed by atoms with Crippen LogP contribution < -0.4 is 5.32 Å². The quantitative estimate of drug-likeness (QED) is 0.854. The first kappa shape index (κ1) is 16.2. The molecule has 0 radical (unpaired) electrons. The molecule has 0 atom stereocenters. The minimum Gasteiger partial charge on any atom is -0.461 e. The molecule has 6 nitrogen and oxygen atoms in total. The summed E-state index contributed by atoms with van der Waals surface area (Å²) in [4.78, 5) is 28.5. The number of ether oxygens (including phenoxy) is 1. The Balaban J connectivity index is 1.78. The highest BCUT2D eigenvalue weighted by Gasteiger charge is 2.51. The van der Waals surface area contributed by atoms with Crippen molar-refractivity contribution in [3.63, 3.8) is 0 Å². The molecule has 0 aliphatic heterocycles. The molecule has 1 aliphatic carbocycles. The van der Waals surface area contributed by atoms with E-state index in [9.17, 15) is 14.0 Å². The van der Waals surface area contributed by atoms with E-state index in [1.54, 1.807) is 26.1 Å². The molecule has 3 rings (SSSR count). The van der Waals surface area contributed by atoms with Crippen molar-refractivity contribution in [2.45, 2.75) is 25.2 Å². The molecule has 1 aromatic heterocycles. The van der Waals surface area contributed by atoms with E-state index in [0.29, 0.717) is 12.8 Å². The van der Waals surface area contributed by atoms with Gasteiger partial charge in [-0.25, -0.2) is 14.2 Å². The SMILES string of the molecule is CCOC(=O)c1cnc(NC(=O)C2(c3ccc(F)cc3)CC2)n1C. The standard InChI is InChI=1S/C17H18FN3O3/c1-3-24-14(22)13-10-19-16(21(13)2)20-15(23)17(8-9-17)11-4-6-12(18)7-5-11/h4-7,10H,3,8-9H2,1-2H3,(H,19,20,23). The highest BCUT2D eigenvalue weighted by Crippen LogP contribution is 2.48. The number of hydrogen-bond donors (Lipinski definition) is 1. The van der Waals surface area contributed by atoms with Crippen molar-refractivity contribution in [1.82, 2.24) is 9.55 Å². The fraction of sp³-hybridized carbons (Fsp3) is 0.353. The summed E-state index contributed by atoms with van der Waals surface area (Å²) in [5, 5.41) is 2.75. The van der Waals surface area contributed by atoms with Crippen molar-refractivity contribution in [1.29, 1.82) is 0 Å². The highest BCUT2D eigenvalue weighted by molar-refractivity contribution is 6.01. The molecule has 0 spiro atoms. The van der Waals surface area contributed by atoms with Crippen molar-refractivity contribution in [2.24, 2.45) is 7.05 Å². The van der Waals surface area contributed by atoms with Gasteiger partial charge in [0.1, 0.15) is 11.5 Å². The molecule has 1 aromatic carbocycles. The molecular weight excluding hydrogens is 313 g/mol. The number of rotatable bonds is 5. The molecule has 1 heterocycles. The summed E-state index contributed by atoms with van der Waals surface area (Å²) in [6.45, 7) is 1.98. The van der Waals surface area contributed by atoms with Gasteiger partial charge >= 0.3 is 5.97 Å². The van der Waals surface area contributed by atoms with E-state index in [2.05, 4.69) is 10.3 Å². The molecule has 0 bridgehead atoms. The van der Waals surface area contributed by atoms with Gasteiger partial charge in [0.25, 0.3) is 0 Å². The number of halogens is 1. The summed E-state index contributed by atoms with van der Waals surface area (Å²) < 4.78 is 19.5. The van der Waals surface area contributed by atoms with Crippen LogP contribution in [-0.2, 0) is 22.0 Å². The maximum absolute atomic E-state index is 13.1. The van der Waals surface area contributed by atoms with Crippen LogP contribution in [0.4, 0.5) is 10.3 Å². The lowest BCUT2D eigenvalue weighted by atomic mass is 9.95. The molecular formula is C17H18FN3O3. The summed E-state index contributed by atoms with van der Waals surface area (Å²) in [5.74, 6) is -0.763. The third-order valence-electron chi connectivity index (χ3n) is 4.28. The normalized spacial score (nSPS) is 15.0. The van der Waals surface area contributed by atoms with E-state index in [-0.39, 0.29) is 30.0 Å². The first-order valence-electron chi connectivity index (χ1n) is 7.74. The number of benzene rings is 1. The third kappa shape index (κ3) is 2.77. The second-order valence-corrected chi connectivity index (χ2v) is 5.79. The van der Waals surface area contributed by atoms with E-state index < -0.39 is 11.4 Å². The second kappa shape index (κ2) is 6.07. The number of hydrogen-bond acceptors (Lipinski definition) is 4. The Morgan fingerprint density at radius 1 is 1.33 bits per heavy atom. The Hall–Kier alpha value is -2.70. The molecule has 0 unspecified atom stereocenters. The largest absolute Gasteiger partial charge is 0.461 e. The number of imidazole rings is 1. The molecule has 0 saturated heterocycles. The number of nitrogens with zero attached hydrogens (tertiary/aromatic N) is 2. The number of anilines is 1. The molecule has 1 aliphatic rings. The van der Waals surface area contributed by atoms with Crippen molar-refractivity contribution >= 4 is 17.8 Å². The smallest absolute Gasteiger partial charge is 0.356 e. The Labute approximate surface area is 138 Å². The number of amides is 1. The van der Waals surface area contributed by atoms with E-state index in [0.717, 1.165) is 5.56 Å². The van der Waals surface area contributed by atoms with E-state index >= 15 is 0 Å². The van der Waals surface area contributed by atoms with E-state index in [1.165, 1.54) is 22.9 Å². The number of carbonyl (C=O) groups excluding carboxylic acids is 2. The van der Waals surface area contributed by atoms with Gasteiger partial charge in [0.2, 0.25) is 11.9 Å². The molecule has 1 saturated carbocycles. The summed E-state index contributed by atoms with van der Waals surface area (Å²) in [6, 6.07) is 5.96. The van der Waals surface area contributed by atoms with Gasteiger partial charge in [0.05, 0.1) is 18.2 Å². The second-order valence-electron chi connectivity index (χ2n) is 5.79. The Morgan fingerprint density at radius 2 is 2.00 bits per heavy atom. The molecule has 7 heteroatoms. The van der Waals surface area contributed by atoms with Crippen LogP contribution in [0.5, 0.6) is 0 Å². The van der Waals surface area contributed by atoms with Gasteiger partial charge in [-0.1, -0.05) is 12.1 Å². The first-order chi connectivity index (χ1) is 11.5. The van der Waals surface area contributed by atoms with Crippen molar-refractivity contribution in [3.8, 4) is 0 Å². The van der Waals surface area contributed by atoms with Crippen LogP contribution in [0, 0.1) is 5.82 Å². The van der Waals surface area contributed by atoms with Gasteiger partial charge < -0.3 is 9.30 Å². The van der Waals surface area contributed by atoms with Gasteiger partial charge in [-0.3, -0.25) is 10.1 Å². The van der Waals surface area contributed by atoms with Gasteiger partial charge in [-0.05, 0) is 37.5 Å². The topological polar surface area (TPSA) is 73.2 Å². The first-order valence-corrected chi connectivity index (χ1v) is 7.74. The fourth-order valence-electron chi connectivity index (χ4n) is 2.68. The monoisotopic (exact) mass is 331 g/mol. The van der Waals surface area contributed by atoms with Crippen molar-refractivity contribution < 1.29 is 18.7 Å². The van der Waals surface area contributed by atoms with Gasteiger partial charge in [-0.15, -0.1) is 0 Å².